The third-order valence-corrected chi connectivity index (χ3v) is 3.21. The van der Waals surface area contributed by atoms with Crippen LogP contribution < -0.4 is 15.5 Å². The highest BCUT2D eigenvalue weighted by Gasteiger charge is 2.21. The lowest BCUT2D eigenvalue weighted by Crippen LogP contribution is -2.52. The number of amides is 1. The molecule has 0 bridgehead atoms. The van der Waals surface area contributed by atoms with Crippen LogP contribution in [-0.4, -0.2) is 43.6 Å². The molecule has 1 aromatic rings. The molecule has 1 aromatic heterocycles. The second-order valence-electron chi connectivity index (χ2n) is 4.63. The molecule has 2 N–H and O–H groups in total. The molecule has 1 atom stereocenters. The van der Waals surface area contributed by atoms with E-state index >= 15 is 0 Å². The predicted molar refractivity (Wildman–Crippen MR) is 71.7 cm³/mol. The van der Waals surface area contributed by atoms with Gasteiger partial charge in [-0.3, -0.25) is 9.78 Å². The van der Waals surface area contributed by atoms with E-state index in [1.807, 2.05) is 19.2 Å². The van der Waals surface area contributed by atoms with Gasteiger partial charge in [-0.25, -0.2) is 0 Å². The molecule has 0 saturated carbocycles. The van der Waals surface area contributed by atoms with Crippen molar-refractivity contribution in [3.05, 3.63) is 24.0 Å². The summed E-state index contributed by atoms with van der Waals surface area (Å²) in [4.78, 5) is 17.9. The van der Waals surface area contributed by atoms with E-state index in [1.165, 1.54) is 5.69 Å². The summed E-state index contributed by atoms with van der Waals surface area (Å²) in [7, 11) is 1.68. The highest BCUT2D eigenvalue weighted by Crippen LogP contribution is 2.16. The zero-order chi connectivity index (χ0) is 13.0. The Morgan fingerprint density at radius 1 is 1.67 bits per heavy atom. The number of carbonyl (C=O) groups excluding carboxylic acids is 1. The fourth-order valence-electron chi connectivity index (χ4n) is 2.25. The lowest BCUT2D eigenvalue weighted by Gasteiger charge is -2.35. The monoisotopic (exact) mass is 248 g/mol. The first kappa shape index (κ1) is 12.8. The SMILES string of the molecule is CNC(=O)CC1CN(c2ccnc(C)c2)CCN1. The molecule has 5 nitrogen and oxygen atoms in total. The van der Waals surface area contributed by atoms with Crippen molar-refractivity contribution in [2.24, 2.45) is 0 Å². The fraction of sp³-hybridized carbons (Fsp3) is 0.538. The summed E-state index contributed by atoms with van der Waals surface area (Å²) < 4.78 is 0. The van der Waals surface area contributed by atoms with Crippen LogP contribution in [0, 0.1) is 6.92 Å². The molecule has 0 spiro atoms. The molecular formula is C13H20N4O. The summed E-state index contributed by atoms with van der Waals surface area (Å²) in [6, 6.07) is 4.32. The van der Waals surface area contributed by atoms with Crippen LogP contribution in [0.4, 0.5) is 5.69 Å². The van der Waals surface area contributed by atoms with Crippen LogP contribution in [-0.2, 0) is 4.79 Å². The molecule has 1 aliphatic heterocycles. The number of hydrogen-bond donors (Lipinski definition) is 2. The smallest absolute Gasteiger partial charge is 0.221 e. The molecule has 1 aliphatic rings. The van der Waals surface area contributed by atoms with Gasteiger partial charge in [0.1, 0.15) is 0 Å². The van der Waals surface area contributed by atoms with E-state index in [0.717, 1.165) is 25.3 Å². The van der Waals surface area contributed by atoms with Crippen LogP contribution in [0.5, 0.6) is 0 Å². The van der Waals surface area contributed by atoms with Gasteiger partial charge in [0.2, 0.25) is 5.91 Å². The van der Waals surface area contributed by atoms with Gasteiger partial charge in [0, 0.05) is 56.7 Å². The number of hydrogen-bond acceptors (Lipinski definition) is 4. The number of aromatic nitrogens is 1. The molecule has 0 radical (unpaired) electrons. The molecule has 0 aromatic carbocycles. The van der Waals surface area contributed by atoms with E-state index in [4.69, 9.17) is 0 Å². The van der Waals surface area contributed by atoms with Gasteiger partial charge in [-0.1, -0.05) is 0 Å². The molecule has 1 unspecified atom stereocenters. The van der Waals surface area contributed by atoms with Crippen LogP contribution in [0.1, 0.15) is 12.1 Å². The second-order valence-corrected chi connectivity index (χ2v) is 4.63. The number of nitrogens with zero attached hydrogens (tertiary/aromatic N) is 2. The predicted octanol–water partition coefficient (Wildman–Crippen LogP) is 0.304. The number of anilines is 1. The van der Waals surface area contributed by atoms with E-state index in [1.54, 1.807) is 7.05 Å². The van der Waals surface area contributed by atoms with Gasteiger partial charge in [-0.2, -0.15) is 0 Å². The molecular weight excluding hydrogens is 228 g/mol. The van der Waals surface area contributed by atoms with Gasteiger partial charge >= 0.3 is 0 Å². The highest BCUT2D eigenvalue weighted by atomic mass is 16.1. The Bertz CT molecular complexity index is 421. The Hall–Kier alpha value is -1.62. The minimum atomic E-state index is 0.0836. The van der Waals surface area contributed by atoms with E-state index in [9.17, 15) is 4.79 Å². The largest absolute Gasteiger partial charge is 0.369 e. The first-order valence-corrected chi connectivity index (χ1v) is 6.30. The zero-order valence-electron chi connectivity index (χ0n) is 10.9. The minimum absolute atomic E-state index is 0.0836. The highest BCUT2D eigenvalue weighted by molar-refractivity contribution is 5.76. The third-order valence-electron chi connectivity index (χ3n) is 3.21. The van der Waals surface area contributed by atoms with Gasteiger partial charge in [0.05, 0.1) is 0 Å². The van der Waals surface area contributed by atoms with Crippen molar-refractivity contribution in [3.63, 3.8) is 0 Å². The average Bonchev–Trinajstić information content (AvgIpc) is 2.39. The quantitative estimate of drug-likeness (QED) is 0.808. The van der Waals surface area contributed by atoms with Gasteiger partial charge in [0.15, 0.2) is 0 Å². The van der Waals surface area contributed by atoms with Crippen molar-refractivity contribution < 1.29 is 4.79 Å². The Labute approximate surface area is 108 Å². The first-order valence-electron chi connectivity index (χ1n) is 6.30. The third kappa shape index (κ3) is 3.20. The Kier molecular flexibility index (Phi) is 4.15. The van der Waals surface area contributed by atoms with Crippen molar-refractivity contribution in [3.8, 4) is 0 Å². The minimum Gasteiger partial charge on any atom is -0.369 e. The van der Waals surface area contributed by atoms with E-state index < -0.39 is 0 Å². The maximum Gasteiger partial charge on any atom is 0.221 e. The lowest BCUT2D eigenvalue weighted by atomic mass is 10.1. The molecule has 0 aliphatic carbocycles. The van der Waals surface area contributed by atoms with E-state index in [2.05, 4.69) is 26.6 Å². The van der Waals surface area contributed by atoms with Crippen LogP contribution in [0.3, 0.4) is 0 Å². The average molecular weight is 248 g/mol. The number of carbonyl (C=O) groups is 1. The fourth-order valence-corrected chi connectivity index (χ4v) is 2.25. The lowest BCUT2D eigenvalue weighted by molar-refractivity contribution is -0.121. The summed E-state index contributed by atoms with van der Waals surface area (Å²) in [6.07, 6.45) is 2.36. The molecule has 1 saturated heterocycles. The molecule has 2 heterocycles. The molecule has 5 heteroatoms. The van der Waals surface area contributed by atoms with Crippen molar-refractivity contribution in [1.29, 1.82) is 0 Å². The van der Waals surface area contributed by atoms with Gasteiger partial charge < -0.3 is 15.5 Å². The topological polar surface area (TPSA) is 57.3 Å². The van der Waals surface area contributed by atoms with Gasteiger partial charge in [-0.15, -0.1) is 0 Å². The normalized spacial score (nSPS) is 19.7. The van der Waals surface area contributed by atoms with Crippen molar-refractivity contribution in [2.45, 2.75) is 19.4 Å². The van der Waals surface area contributed by atoms with Crippen molar-refractivity contribution >= 4 is 11.6 Å². The van der Waals surface area contributed by atoms with E-state index in [-0.39, 0.29) is 11.9 Å². The molecule has 1 amide bonds. The Morgan fingerprint density at radius 2 is 2.50 bits per heavy atom. The molecule has 98 valence electrons. The zero-order valence-corrected chi connectivity index (χ0v) is 10.9. The number of nitrogens with one attached hydrogen (secondary N) is 2. The molecule has 1 fully saturated rings. The summed E-state index contributed by atoms with van der Waals surface area (Å²) in [5, 5.41) is 6.05. The standard InChI is InChI=1S/C13H20N4O/c1-10-7-12(3-4-15-10)17-6-5-16-11(9-17)8-13(18)14-2/h3-4,7,11,16H,5-6,8-9H2,1-2H3,(H,14,18). The van der Waals surface area contributed by atoms with Gasteiger partial charge in [-0.05, 0) is 19.1 Å². The summed E-state index contributed by atoms with van der Waals surface area (Å²) in [6.45, 7) is 4.72. The number of piperazine rings is 1. The van der Waals surface area contributed by atoms with Crippen LogP contribution in [0.2, 0.25) is 0 Å². The van der Waals surface area contributed by atoms with E-state index in [0.29, 0.717) is 6.42 Å². The summed E-state index contributed by atoms with van der Waals surface area (Å²) >= 11 is 0. The van der Waals surface area contributed by atoms with Crippen molar-refractivity contribution in [1.82, 2.24) is 15.6 Å². The Morgan fingerprint density at radius 3 is 3.22 bits per heavy atom. The number of rotatable bonds is 3. The maximum absolute atomic E-state index is 11.4. The van der Waals surface area contributed by atoms with Crippen LogP contribution in [0.25, 0.3) is 0 Å². The second kappa shape index (κ2) is 5.82. The number of aryl methyl sites for hydroxylation is 1. The summed E-state index contributed by atoms with van der Waals surface area (Å²) in [5.74, 6) is 0.0836. The maximum atomic E-state index is 11.4. The number of pyridine rings is 1. The molecule has 18 heavy (non-hydrogen) atoms. The van der Waals surface area contributed by atoms with Crippen LogP contribution in [0.15, 0.2) is 18.3 Å². The van der Waals surface area contributed by atoms with Gasteiger partial charge in [0.25, 0.3) is 0 Å². The Balaban J connectivity index is 2.00. The molecule has 2 rings (SSSR count). The summed E-state index contributed by atoms with van der Waals surface area (Å²) in [5.41, 5.74) is 2.21. The van der Waals surface area contributed by atoms with Crippen molar-refractivity contribution in [2.75, 3.05) is 31.6 Å². The van der Waals surface area contributed by atoms with Crippen LogP contribution >= 0.6 is 0 Å². The first-order chi connectivity index (χ1) is 8.69.